The summed E-state index contributed by atoms with van der Waals surface area (Å²) in [7, 11) is 0. The van der Waals surface area contributed by atoms with Crippen LogP contribution in [0.4, 0.5) is 0 Å². The van der Waals surface area contributed by atoms with Crippen LogP contribution in [-0.4, -0.2) is 12.1 Å². The second kappa shape index (κ2) is 3.43. The van der Waals surface area contributed by atoms with Gasteiger partial charge in [0.15, 0.2) is 0 Å². The first kappa shape index (κ1) is 9.23. The van der Waals surface area contributed by atoms with Gasteiger partial charge in [0.2, 0.25) is 0 Å². The molecule has 14 heavy (non-hydrogen) atoms. The van der Waals surface area contributed by atoms with Crippen LogP contribution in [0.15, 0.2) is 30.3 Å². The van der Waals surface area contributed by atoms with Gasteiger partial charge in [-0.05, 0) is 24.8 Å². The van der Waals surface area contributed by atoms with E-state index in [0.29, 0.717) is 5.92 Å². The molecule has 1 N–H and O–H groups in total. The van der Waals surface area contributed by atoms with Crippen molar-refractivity contribution in [2.75, 3.05) is 6.54 Å². The zero-order valence-electron chi connectivity index (χ0n) is 8.33. The van der Waals surface area contributed by atoms with Gasteiger partial charge < -0.3 is 0 Å². The molecule has 1 aliphatic heterocycles. The maximum atomic E-state index is 8.98. The van der Waals surface area contributed by atoms with Crippen molar-refractivity contribution in [3.8, 4) is 6.07 Å². The van der Waals surface area contributed by atoms with Crippen molar-refractivity contribution in [1.29, 1.82) is 5.26 Å². The Kier molecular flexibility index (Phi) is 2.26. The van der Waals surface area contributed by atoms with Crippen LogP contribution in [0.25, 0.3) is 0 Å². The topological polar surface area (TPSA) is 35.8 Å². The number of benzene rings is 1. The minimum atomic E-state index is -0.333. The number of hydrogen-bond donors (Lipinski definition) is 1. The van der Waals surface area contributed by atoms with Gasteiger partial charge in [-0.2, -0.15) is 5.26 Å². The highest BCUT2D eigenvalue weighted by Gasteiger charge is 2.34. The molecule has 0 spiro atoms. The smallest absolute Gasteiger partial charge is 0.104 e. The second-order valence-corrected chi connectivity index (χ2v) is 4.14. The van der Waals surface area contributed by atoms with E-state index >= 15 is 0 Å². The Labute approximate surface area is 84.6 Å². The molecule has 1 saturated heterocycles. The van der Waals surface area contributed by atoms with E-state index in [9.17, 15) is 0 Å². The van der Waals surface area contributed by atoms with Gasteiger partial charge in [-0.25, -0.2) is 0 Å². The number of hydrogen-bond acceptors (Lipinski definition) is 2. The number of rotatable bonds is 1. The van der Waals surface area contributed by atoms with E-state index in [4.69, 9.17) is 5.26 Å². The van der Waals surface area contributed by atoms with E-state index in [1.807, 2.05) is 13.0 Å². The van der Waals surface area contributed by atoms with Gasteiger partial charge in [-0.15, -0.1) is 0 Å². The molecule has 72 valence electrons. The van der Waals surface area contributed by atoms with Crippen molar-refractivity contribution < 1.29 is 0 Å². The van der Waals surface area contributed by atoms with Gasteiger partial charge in [0.1, 0.15) is 5.54 Å². The summed E-state index contributed by atoms with van der Waals surface area (Å²) in [5.41, 5.74) is 1.000. The van der Waals surface area contributed by atoms with Crippen LogP contribution in [0.5, 0.6) is 0 Å². The lowest BCUT2D eigenvalue weighted by Crippen LogP contribution is -2.33. The van der Waals surface area contributed by atoms with Crippen LogP contribution in [0.1, 0.15) is 24.8 Å². The molecule has 2 atom stereocenters. The Hall–Kier alpha value is -1.33. The first-order valence-corrected chi connectivity index (χ1v) is 4.95. The molecule has 0 radical (unpaired) electrons. The average molecular weight is 186 g/mol. The van der Waals surface area contributed by atoms with Crippen molar-refractivity contribution >= 4 is 0 Å². The van der Waals surface area contributed by atoms with Crippen molar-refractivity contribution in [1.82, 2.24) is 5.32 Å². The van der Waals surface area contributed by atoms with Gasteiger partial charge in [-0.3, -0.25) is 5.32 Å². The zero-order chi connectivity index (χ0) is 10.0. The van der Waals surface area contributed by atoms with E-state index in [1.54, 1.807) is 0 Å². The highest BCUT2D eigenvalue weighted by atomic mass is 15.0. The summed E-state index contributed by atoms with van der Waals surface area (Å²) < 4.78 is 0. The van der Waals surface area contributed by atoms with Crippen molar-refractivity contribution in [2.24, 2.45) is 0 Å². The summed E-state index contributed by atoms with van der Waals surface area (Å²) in [6.07, 6.45) is 0.910. The third-order valence-corrected chi connectivity index (χ3v) is 2.91. The minimum Gasteiger partial charge on any atom is -0.299 e. The van der Waals surface area contributed by atoms with Crippen LogP contribution < -0.4 is 5.32 Å². The fourth-order valence-electron chi connectivity index (χ4n) is 2.03. The lowest BCUT2D eigenvalue weighted by molar-refractivity contribution is 0.528. The first-order chi connectivity index (χ1) is 6.73. The quantitative estimate of drug-likeness (QED) is 0.728. The van der Waals surface area contributed by atoms with Crippen LogP contribution >= 0.6 is 0 Å². The Morgan fingerprint density at radius 3 is 2.71 bits per heavy atom. The highest BCUT2D eigenvalue weighted by molar-refractivity contribution is 5.25. The molecule has 0 saturated carbocycles. The third kappa shape index (κ3) is 1.64. The summed E-state index contributed by atoms with van der Waals surface area (Å²) in [6, 6.07) is 12.7. The molecule has 0 aromatic heterocycles. The summed E-state index contributed by atoms with van der Waals surface area (Å²) in [5.74, 6) is 0.487. The maximum absolute atomic E-state index is 8.98. The SMILES string of the molecule is CC1(C#N)CC(c2ccccc2)CN1. The van der Waals surface area contributed by atoms with Crippen molar-refractivity contribution in [3.63, 3.8) is 0 Å². The van der Waals surface area contributed by atoms with Gasteiger partial charge in [0, 0.05) is 6.54 Å². The molecular weight excluding hydrogens is 172 g/mol. The van der Waals surface area contributed by atoms with Crippen molar-refractivity contribution in [2.45, 2.75) is 24.8 Å². The molecule has 1 fully saturated rings. The molecule has 1 heterocycles. The second-order valence-electron chi connectivity index (χ2n) is 4.14. The molecule has 0 bridgehead atoms. The lowest BCUT2D eigenvalue weighted by Gasteiger charge is -2.13. The molecule has 1 aliphatic rings. The van der Waals surface area contributed by atoms with E-state index in [0.717, 1.165) is 13.0 Å². The zero-order valence-corrected chi connectivity index (χ0v) is 8.33. The van der Waals surface area contributed by atoms with Gasteiger partial charge in [-0.1, -0.05) is 30.3 Å². The Bertz CT molecular complexity index is 352. The number of nitrogens with zero attached hydrogens (tertiary/aromatic N) is 1. The lowest BCUT2D eigenvalue weighted by atomic mass is 9.91. The fraction of sp³-hybridized carbons (Fsp3) is 0.417. The van der Waals surface area contributed by atoms with Crippen LogP contribution in [0.2, 0.25) is 0 Å². The first-order valence-electron chi connectivity index (χ1n) is 4.95. The molecule has 2 rings (SSSR count). The normalized spacial score (nSPS) is 31.3. The maximum Gasteiger partial charge on any atom is 0.104 e. The highest BCUT2D eigenvalue weighted by Crippen LogP contribution is 2.30. The van der Waals surface area contributed by atoms with Gasteiger partial charge in [0.25, 0.3) is 0 Å². The van der Waals surface area contributed by atoms with E-state index in [-0.39, 0.29) is 5.54 Å². The third-order valence-electron chi connectivity index (χ3n) is 2.91. The predicted molar refractivity (Wildman–Crippen MR) is 55.8 cm³/mol. The molecule has 1 aromatic rings. The van der Waals surface area contributed by atoms with Gasteiger partial charge in [0.05, 0.1) is 6.07 Å². The Morgan fingerprint density at radius 1 is 1.43 bits per heavy atom. The molecular formula is C12H14N2. The van der Waals surface area contributed by atoms with Gasteiger partial charge >= 0.3 is 0 Å². The van der Waals surface area contributed by atoms with E-state index in [1.165, 1.54) is 5.56 Å². The monoisotopic (exact) mass is 186 g/mol. The Balaban J connectivity index is 2.15. The van der Waals surface area contributed by atoms with E-state index < -0.39 is 0 Å². The summed E-state index contributed by atoms with van der Waals surface area (Å²) in [6.45, 7) is 2.88. The van der Waals surface area contributed by atoms with Crippen molar-refractivity contribution in [3.05, 3.63) is 35.9 Å². The molecule has 1 aromatic carbocycles. The molecule has 2 unspecified atom stereocenters. The van der Waals surface area contributed by atoms with Crippen LogP contribution in [-0.2, 0) is 0 Å². The van der Waals surface area contributed by atoms with Crippen LogP contribution in [0.3, 0.4) is 0 Å². The summed E-state index contributed by atoms with van der Waals surface area (Å²) in [4.78, 5) is 0. The average Bonchev–Trinajstić information content (AvgIpc) is 2.63. The largest absolute Gasteiger partial charge is 0.299 e. The molecule has 0 amide bonds. The predicted octanol–water partition coefficient (Wildman–Crippen LogP) is 2.05. The minimum absolute atomic E-state index is 0.333. The molecule has 2 nitrogen and oxygen atoms in total. The molecule has 0 aliphatic carbocycles. The Morgan fingerprint density at radius 2 is 2.14 bits per heavy atom. The molecule has 2 heteroatoms. The number of nitrogens with one attached hydrogen (secondary N) is 1. The van der Waals surface area contributed by atoms with E-state index in [2.05, 4.69) is 35.7 Å². The fourth-order valence-corrected chi connectivity index (χ4v) is 2.03. The summed E-state index contributed by atoms with van der Waals surface area (Å²) >= 11 is 0. The number of nitriles is 1. The van der Waals surface area contributed by atoms with Crippen LogP contribution in [0, 0.1) is 11.3 Å². The summed E-state index contributed by atoms with van der Waals surface area (Å²) in [5, 5.41) is 12.2. The standard InChI is InChI=1S/C12H14N2/c1-12(9-13)7-11(8-14-12)10-5-3-2-4-6-10/h2-6,11,14H,7-8H2,1H3.